The highest BCUT2D eigenvalue weighted by Crippen LogP contribution is 2.37. The Kier molecular flexibility index (Phi) is 14.9. The Balaban J connectivity index is 0.000000230. The Bertz CT molecular complexity index is 2470. The number of carbonyl (C=O) groups is 3. The van der Waals surface area contributed by atoms with E-state index in [1.807, 2.05) is 29.7 Å². The molecule has 6 aromatic rings. The molecule has 57 heavy (non-hydrogen) atoms. The summed E-state index contributed by atoms with van der Waals surface area (Å²) in [6.45, 7) is 5.15. The average molecular weight is 942 g/mol. The molecule has 1 aromatic heterocycles. The number of aromatic nitrogens is 1. The maximum absolute atomic E-state index is 14.3. The number of benzene rings is 5. The maximum Gasteiger partial charge on any atom is 0.336 e. The van der Waals surface area contributed by atoms with Gasteiger partial charge in [0.05, 0.1) is 16.8 Å². The summed E-state index contributed by atoms with van der Waals surface area (Å²) in [6, 6.07) is 28.6. The number of hydrogen-bond acceptors (Lipinski definition) is 5. The van der Waals surface area contributed by atoms with Crippen molar-refractivity contribution in [2.24, 2.45) is 0 Å². The van der Waals surface area contributed by atoms with E-state index in [4.69, 9.17) is 32.7 Å². The van der Waals surface area contributed by atoms with Crippen LogP contribution in [0.1, 0.15) is 62.9 Å². The van der Waals surface area contributed by atoms with E-state index in [-0.39, 0.29) is 49.0 Å². The number of carboxylic acid groups (broad SMARTS) is 1. The highest BCUT2D eigenvalue weighted by Gasteiger charge is 2.18. The average Bonchev–Trinajstić information content (AvgIpc) is 3.55. The van der Waals surface area contributed by atoms with Crippen LogP contribution in [0.25, 0.3) is 16.9 Å². The number of nitrogens with zero attached hydrogens (tertiary/aromatic N) is 1. The van der Waals surface area contributed by atoms with Crippen LogP contribution < -0.4 is 9.47 Å². The van der Waals surface area contributed by atoms with Gasteiger partial charge < -0.3 is 23.9 Å². The largest absolute Gasteiger partial charge is 0.488 e. The van der Waals surface area contributed by atoms with Crippen molar-refractivity contribution in [3.05, 3.63) is 167 Å². The van der Waals surface area contributed by atoms with Crippen LogP contribution in [0, 0.1) is 25.5 Å². The monoisotopic (exact) mass is 939 g/mol. The summed E-state index contributed by atoms with van der Waals surface area (Å²) < 4.78 is 43.0. The summed E-state index contributed by atoms with van der Waals surface area (Å²) >= 11 is 18.7. The summed E-state index contributed by atoms with van der Waals surface area (Å²) in [5.74, 6) is -1.20. The SMILES string of the molecule is CC(=O)CCC(=O)c1cc(Cl)ccc1OCc1ccc(Br)cc1F.Cc1ccc(-n2c(C)ccc2-c2cc(Cl)ccc2OCc2ccc(Br)cc2F)cc1C(=O)O. The van der Waals surface area contributed by atoms with Crippen molar-refractivity contribution in [1.82, 2.24) is 4.57 Å². The molecule has 0 amide bonds. The highest BCUT2D eigenvalue weighted by atomic mass is 79.9. The van der Waals surface area contributed by atoms with Crippen molar-refractivity contribution >= 4 is 72.6 Å². The summed E-state index contributed by atoms with van der Waals surface area (Å²) in [4.78, 5) is 35.0. The van der Waals surface area contributed by atoms with Gasteiger partial charge in [-0.25, -0.2) is 13.6 Å². The third kappa shape index (κ3) is 11.4. The molecule has 1 N–H and O–H groups in total. The molecule has 0 spiro atoms. The molecule has 5 aromatic carbocycles. The number of ether oxygens (including phenoxy) is 2. The molecule has 0 unspecified atom stereocenters. The fourth-order valence-electron chi connectivity index (χ4n) is 5.76. The Morgan fingerprint density at radius 1 is 0.684 bits per heavy atom. The zero-order valence-electron chi connectivity index (χ0n) is 30.8. The molecular weight excluding hydrogens is 907 g/mol. The van der Waals surface area contributed by atoms with Crippen molar-refractivity contribution in [2.45, 2.75) is 46.8 Å². The van der Waals surface area contributed by atoms with Gasteiger partial charge in [-0.3, -0.25) is 4.79 Å². The molecule has 13 heteroatoms. The first-order chi connectivity index (χ1) is 27.1. The molecule has 0 aliphatic carbocycles. The van der Waals surface area contributed by atoms with Gasteiger partial charge in [-0.1, -0.05) is 73.3 Å². The lowest BCUT2D eigenvalue weighted by Crippen LogP contribution is -2.07. The Morgan fingerprint density at radius 3 is 1.84 bits per heavy atom. The summed E-state index contributed by atoms with van der Waals surface area (Å²) in [7, 11) is 0. The standard InChI is InChI=1S/C26H20BrClFNO3.C18H15BrClFO3/c1-15-3-8-20(13-21(15)26(31)32)30-16(2)4-9-24(30)22-12-19(28)7-10-25(22)33-14-17-5-6-18(27)11-23(17)29;1-11(22)2-6-17(23)15-9-14(20)5-7-18(15)24-10-12-3-4-13(19)8-16(12)21/h3-13H,14H2,1-2H3,(H,31,32);3-5,7-9H,2,6,10H2,1H3. The first-order valence-electron chi connectivity index (χ1n) is 17.4. The van der Waals surface area contributed by atoms with Crippen molar-refractivity contribution in [3.63, 3.8) is 0 Å². The molecule has 0 radical (unpaired) electrons. The van der Waals surface area contributed by atoms with E-state index < -0.39 is 11.8 Å². The van der Waals surface area contributed by atoms with Crippen molar-refractivity contribution in [3.8, 4) is 28.4 Å². The van der Waals surface area contributed by atoms with E-state index in [2.05, 4.69) is 31.9 Å². The molecule has 7 nitrogen and oxygen atoms in total. The summed E-state index contributed by atoms with van der Waals surface area (Å²) in [6.07, 6.45) is 0.241. The smallest absolute Gasteiger partial charge is 0.336 e. The fourth-order valence-corrected chi connectivity index (χ4v) is 6.77. The highest BCUT2D eigenvalue weighted by molar-refractivity contribution is 9.10. The van der Waals surface area contributed by atoms with Crippen LogP contribution in [-0.4, -0.2) is 27.2 Å². The lowest BCUT2D eigenvalue weighted by Gasteiger charge is -2.17. The van der Waals surface area contributed by atoms with Gasteiger partial charge in [0.15, 0.2) is 5.78 Å². The third-order valence-corrected chi connectivity index (χ3v) is 10.2. The van der Waals surface area contributed by atoms with Crippen molar-refractivity contribution in [2.75, 3.05) is 0 Å². The van der Waals surface area contributed by atoms with Gasteiger partial charge in [0.2, 0.25) is 0 Å². The molecule has 1 heterocycles. The van der Waals surface area contributed by atoms with Crippen LogP contribution in [0.2, 0.25) is 10.0 Å². The number of carboxylic acids is 1. The lowest BCUT2D eigenvalue weighted by atomic mass is 10.0. The minimum atomic E-state index is -0.982. The molecule has 0 saturated carbocycles. The molecule has 0 atom stereocenters. The van der Waals surface area contributed by atoms with Gasteiger partial charge in [0, 0.05) is 59.9 Å². The lowest BCUT2D eigenvalue weighted by molar-refractivity contribution is -0.117. The molecular formula is C44H35Br2Cl2F2NO6. The van der Waals surface area contributed by atoms with Crippen LogP contribution in [0.4, 0.5) is 8.78 Å². The predicted molar refractivity (Wildman–Crippen MR) is 225 cm³/mol. The number of Topliss-reactive ketones (excluding diaryl/α,β-unsaturated/α-hetero) is 2. The van der Waals surface area contributed by atoms with Crippen LogP contribution in [-0.2, 0) is 18.0 Å². The van der Waals surface area contributed by atoms with Crippen LogP contribution in [0.5, 0.6) is 11.5 Å². The second kappa shape index (κ2) is 19.6. The van der Waals surface area contributed by atoms with Crippen LogP contribution in [0.15, 0.2) is 112 Å². The maximum atomic E-state index is 14.3. The number of hydrogen-bond donors (Lipinski definition) is 1. The second-order valence-corrected chi connectivity index (χ2v) is 15.7. The van der Waals surface area contributed by atoms with E-state index in [1.54, 1.807) is 73.7 Å². The van der Waals surface area contributed by atoms with Gasteiger partial charge in [0.1, 0.15) is 42.1 Å². The summed E-state index contributed by atoms with van der Waals surface area (Å²) in [5.41, 5.74) is 5.12. The van der Waals surface area contributed by atoms with Gasteiger partial charge in [-0.05, 0) is 111 Å². The predicted octanol–water partition coefficient (Wildman–Crippen LogP) is 13.0. The number of aryl methyl sites for hydroxylation is 2. The minimum absolute atomic E-state index is 0.0201. The zero-order valence-corrected chi connectivity index (χ0v) is 35.5. The van der Waals surface area contributed by atoms with Gasteiger partial charge >= 0.3 is 5.97 Å². The number of rotatable bonds is 13. The number of aromatic carboxylic acids is 1. The number of carbonyl (C=O) groups excluding carboxylic acids is 2. The Labute approximate surface area is 355 Å². The molecule has 0 saturated heterocycles. The molecule has 0 bridgehead atoms. The summed E-state index contributed by atoms with van der Waals surface area (Å²) in [5, 5.41) is 10.5. The van der Waals surface area contributed by atoms with E-state index in [0.717, 1.165) is 11.4 Å². The minimum Gasteiger partial charge on any atom is -0.488 e. The van der Waals surface area contributed by atoms with E-state index in [1.165, 1.54) is 25.1 Å². The Morgan fingerprint density at radius 2 is 1.26 bits per heavy atom. The fraction of sp³-hybridized carbons (Fsp3) is 0.159. The van der Waals surface area contributed by atoms with Gasteiger partial charge in [-0.15, -0.1) is 0 Å². The van der Waals surface area contributed by atoms with Crippen LogP contribution >= 0.6 is 55.1 Å². The Hall–Kier alpha value is -4.81. The third-order valence-electron chi connectivity index (χ3n) is 8.75. The van der Waals surface area contributed by atoms with Crippen molar-refractivity contribution in [1.29, 1.82) is 0 Å². The van der Waals surface area contributed by atoms with Crippen molar-refractivity contribution < 1.29 is 37.7 Å². The first-order valence-corrected chi connectivity index (χ1v) is 19.7. The topological polar surface area (TPSA) is 94.8 Å². The molecule has 0 aliphatic heterocycles. The first kappa shape index (κ1) is 43.3. The number of halogens is 6. The quantitative estimate of drug-likeness (QED) is 0.116. The van der Waals surface area contributed by atoms with E-state index in [9.17, 15) is 28.3 Å². The second-order valence-electron chi connectivity index (χ2n) is 13.0. The normalized spacial score (nSPS) is 10.8. The molecule has 0 aliphatic rings. The zero-order chi connectivity index (χ0) is 41.4. The van der Waals surface area contributed by atoms with Gasteiger partial charge in [0.25, 0.3) is 0 Å². The van der Waals surface area contributed by atoms with Gasteiger partial charge in [-0.2, -0.15) is 0 Å². The molecule has 6 rings (SSSR count). The van der Waals surface area contributed by atoms with Crippen LogP contribution in [0.3, 0.4) is 0 Å². The van der Waals surface area contributed by atoms with E-state index >= 15 is 0 Å². The number of ketones is 2. The molecule has 0 fully saturated rings. The van der Waals surface area contributed by atoms with E-state index in [0.29, 0.717) is 64.0 Å². The molecule has 294 valence electrons.